The first kappa shape index (κ1) is 15.8. The van der Waals surface area contributed by atoms with Gasteiger partial charge in [-0.2, -0.15) is 0 Å². The van der Waals surface area contributed by atoms with Crippen molar-refractivity contribution in [1.29, 1.82) is 0 Å². The second-order valence-corrected chi connectivity index (χ2v) is 6.10. The molecule has 0 radical (unpaired) electrons. The number of aromatic nitrogens is 3. The number of nitrogens with one attached hydrogen (secondary N) is 2. The standard InChI is InChI=1S/C15H28N6/c1-11(2)12(3)18-15(16-4)17-10-14-20-19-13-8-6-5-7-9-21(13)14/h11-12H,5-10H2,1-4H3,(H2,16,17,18). The number of guanidine groups is 1. The fraction of sp³-hybridized carbons (Fsp3) is 0.800. The minimum absolute atomic E-state index is 0.381. The molecule has 0 fully saturated rings. The summed E-state index contributed by atoms with van der Waals surface area (Å²) in [7, 11) is 1.80. The van der Waals surface area contributed by atoms with Crippen LogP contribution in [0.4, 0.5) is 0 Å². The van der Waals surface area contributed by atoms with Crippen LogP contribution < -0.4 is 10.6 Å². The molecule has 2 heterocycles. The third-order valence-electron chi connectivity index (χ3n) is 4.19. The lowest BCUT2D eigenvalue weighted by atomic mass is 10.1. The molecule has 0 saturated carbocycles. The summed E-state index contributed by atoms with van der Waals surface area (Å²) >= 11 is 0. The third kappa shape index (κ3) is 4.19. The summed E-state index contributed by atoms with van der Waals surface area (Å²) in [5.74, 6) is 3.52. The van der Waals surface area contributed by atoms with Crippen molar-refractivity contribution in [2.24, 2.45) is 10.9 Å². The molecule has 118 valence electrons. The molecule has 1 aliphatic rings. The Hall–Kier alpha value is -1.59. The van der Waals surface area contributed by atoms with Crippen molar-refractivity contribution < 1.29 is 0 Å². The maximum absolute atomic E-state index is 4.33. The number of aliphatic imine (C=N–C) groups is 1. The van der Waals surface area contributed by atoms with Gasteiger partial charge in [0.1, 0.15) is 5.82 Å². The summed E-state index contributed by atoms with van der Waals surface area (Å²) < 4.78 is 2.26. The minimum atomic E-state index is 0.381. The van der Waals surface area contributed by atoms with Gasteiger partial charge in [0.05, 0.1) is 6.54 Å². The first-order valence-corrected chi connectivity index (χ1v) is 8.00. The van der Waals surface area contributed by atoms with Gasteiger partial charge in [-0.3, -0.25) is 4.99 Å². The normalized spacial score (nSPS) is 17.3. The average molecular weight is 292 g/mol. The molecule has 0 saturated heterocycles. The molecule has 0 amide bonds. The molecule has 0 aromatic carbocycles. The van der Waals surface area contributed by atoms with Crippen molar-refractivity contribution in [3.8, 4) is 0 Å². The van der Waals surface area contributed by atoms with Gasteiger partial charge in [0.15, 0.2) is 11.8 Å². The van der Waals surface area contributed by atoms with Crippen LogP contribution in [-0.4, -0.2) is 33.8 Å². The first-order valence-electron chi connectivity index (χ1n) is 8.00. The number of rotatable bonds is 4. The van der Waals surface area contributed by atoms with Crippen LogP contribution in [0, 0.1) is 5.92 Å². The molecule has 0 bridgehead atoms. The number of hydrogen-bond acceptors (Lipinski definition) is 3. The lowest BCUT2D eigenvalue weighted by molar-refractivity contribution is 0.480. The van der Waals surface area contributed by atoms with Crippen LogP contribution >= 0.6 is 0 Å². The van der Waals surface area contributed by atoms with Crippen LogP contribution in [0.25, 0.3) is 0 Å². The Labute approximate surface area is 127 Å². The highest BCUT2D eigenvalue weighted by Gasteiger charge is 2.15. The SMILES string of the molecule is CN=C(NCc1nnc2n1CCCCC2)NC(C)C(C)C. The molecule has 21 heavy (non-hydrogen) atoms. The summed E-state index contributed by atoms with van der Waals surface area (Å²) in [4.78, 5) is 4.28. The summed E-state index contributed by atoms with van der Waals surface area (Å²) in [6, 6.07) is 0.381. The van der Waals surface area contributed by atoms with Crippen LogP contribution in [0.15, 0.2) is 4.99 Å². The lowest BCUT2D eigenvalue weighted by Gasteiger charge is -2.20. The zero-order valence-electron chi connectivity index (χ0n) is 13.7. The number of hydrogen-bond donors (Lipinski definition) is 2. The van der Waals surface area contributed by atoms with Gasteiger partial charge in [0.2, 0.25) is 0 Å². The first-order chi connectivity index (χ1) is 10.1. The molecule has 1 atom stereocenters. The Morgan fingerprint density at radius 2 is 2.05 bits per heavy atom. The molecule has 1 aromatic rings. The molecule has 6 nitrogen and oxygen atoms in total. The molecule has 1 aliphatic heterocycles. The molecular weight excluding hydrogens is 264 g/mol. The highest BCUT2D eigenvalue weighted by molar-refractivity contribution is 5.79. The highest BCUT2D eigenvalue weighted by atomic mass is 15.3. The zero-order chi connectivity index (χ0) is 15.2. The van der Waals surface area contributed by atoms with Gasteiger partial charge in [-0.05, 0) is 25.7 Å². The molecule has 1 unspecified atom stereocenters. The monoisotopic (exact) mass is 292 g/mol. The molecule has 0 spiro atoms. The average Bonchev–Trinajstić information content (AvgIpc) is 2.70. The zero-order valence-corrected chi connectivity index (χ0v) is 13.7. The Morgan fingerprint density at radius 3 is 2.76 bits per heavy atom. The van der Waals surface area contributed by atoms with Crippen molar-refractivity contribution in [3.05, 3.63) is 11.6 Å². The Balaban J connectivity index is 1.94. The maximum atomic E-state index is 4.33. The second kappa shape index (κ2) is 7.43. The van der Waals surface area contributed by atoms with Crippen molar-refractivity contribution in [3.63, 3.8) is 0 Å². The number of nitrogens with zero attached hydrogens (tertiary/aromatic N) is 4. The fourth-order valence-corrected chi connectivity index (χ4v) is 2.42. The highest BCUT2D eigenvalue weighted by Crippen LogP contribution is 2.14. The van der Waals surface area contributed by atoms with E-state index >= 15 is 0 Å². The van der Waals surface area contributed by atoms with Crippen LogP contribution in [-0.2, 0) is 19.5 Å². The van der Waals surface area contributed by atoms with Gasteiger partial charge < -0.3 is 15.2 Å². The van der Waals surface area contributed by atoms with E-state index in [-0.39, 0.29) is 0 Å². The predicted molar refractivity (Wildman–Crippen MR) is 85.2 cm³/mol. The number of fused-ring (bicyclic) bond motifs is 1. The Bertz CT molecular complexity index is 477. The van der Waals surface area contributed by atoms with Crippen LogP contribution in [0.2, 0.25) is 0 Å². The summed E-state index contributed by atoms with van der Waals surface area (Å²) in [6.45, 7) is 8.26. The molecular formula is C15H28N6. The van der Waals surface area contributed by atoms with Crippen molar-refractivity contribution in [2.45, 2.75) is 65.6 Å². The third-order valence-corrected chi connectivity index (χ3v) is 4.19. The minimum Gasteiger partial charge on any atom is -0.354 e. The van der Waals surface area contributed by atoms with E-state index < -0.39 is 0 Å². The van der Waals surface area contributed by atoms with Gasteiger partial charge >= 0.3 is 0 Å². The van der Waals surface area contributed by atoms with Crippen molar-refractivity contribution in [1.82, 2.24) is 25.4 Å². The van der Waals surface area contributed by atoms with E-state index in [0.29, 0.717) is 18.5 Å². The van der Waals surface area contributed by atoms with E-state index in [4.69, 9.17) is 0 Å². The van der Waals surface area contributed by atoms with Gasteiger partial charge in [0.25, 0.3) is 0 Å². The fourth-order valence-electron chi connectivity index (χ4n) is 2.42. The van der Waals surface area contributed by atoms with E-state index in [1.54, 1.807) is 7.05 Å². The lowest BCUT2D eigenvalue weighted by Crippen LogP contribution is -2.44. The molecule has 2 N–H and O–H groups in total. The summed E-state index contributed by atoms with van der Waals surface area (Å²) in [6.07, 6.45) is 4.77. The van der Waals surface area contributed by atoms with E-state index in [0.717, 1.165) is 30.6 Å². The maximum Gasteiger partial charge on any atom is 0.191 e. The van der Waals surface area contributed by atoms with Gasteiger partial charge in [-0.1, -0.05) is 20.3 Å². The van der Waals surface area contributed by atoms with Crippen molar-refractivity contribution >= 4 is 5.96 Å². The second-order valence-electron chi connectivity index (χ2n) is 6.10. The van der Waals surface area contributed by atoms with Gasteiger partial charge in [-0.15, -0.1) is 10.2 Å². The van der Waals surface area contributed by atoms with E-state index in [1.165, 1.54) is 19.3 Å². The Kier molecular flexibility index (Phi) is 5.59. The van der Waals surface area contributed by atoms with E-state index in [1.807, 2.05) is 0 Å². The van der Waals surface area contributed by atoms with Gasteiger partial charge in [0, 0.05) is 26.1 Å². The van der Waals surface area contributed by atoms with E-state index in [2.05, 4.69) is 51.2 Å². The molecule has 2 rings (SSSR count). The van der Waals surface area contributed by atoms with Crippen LogP contribution in [0.1, 0.15) is 51.7 Å². The van der Waals surface area contributed by atoms with E-state index in [9.17, 15) is 0 Å². The quantitative estimate of drug-likeness (QED) is 0.655. The molecule has 1 aromatic heterocycles. The van der Waals surface area contributed by atoms with Gasteiger partial charge in [-0.25, -0.2) is 0 Å². The summed E-state index contributed by atoms with van der Waals surface area (Å²) in [5, 5.41) is 15.4. The molecule has 6 heteroatoms. The van der Waals surface area contributed by atoms with Crippen LogP contribution in [0.5, 0.6) is 0 Å². The topological polar surface area (TPSA) is 67.1 Å². The largest absolute Gasteiger partial charge is 0.354 e. The smallest absolute Gasteiger partial charge is 0.191 e. The number of aryl methyl sites for hydroxylation is 1. The predicted octanol–water partition coefficient (Wildman–Crippen LogP) is 1.71. The molecule has 0 aliphatic carbocycles. The van der Waals surface area contributed by atoms with Crippen LogP contribution in [0.3, 0.4) is 0 Å². The van der Waals surface area contributed by atoms with Crippen molar-refractivity contribution in [2.75, 3.05) is 7.05 Å². The summed E-state index contributed by atoms with van der Waals surface area (Å²) in [5.41, 5.74) is 0. The Morgan fingerprint density at radius 1 is 1.24 bits per heavy atom.